The van der Waals surface area contributed by atoms with Crippen LogP contribution in [0.25, 0.3) is 10.9 Å². The van der Waals surface area contributed by atoms with Crippen molar-refractivity contribution in [3.63, 3.8) is 0 Å². The zero-order chi connectivity index (χ0) is 22.3. The van der Waals surface area contributed by atoms with Gasteiger partial charge in [0.1, 0.15) is 23.2 Å². The fourth-order valence-corrected chi connectivity index (χ4v) is 3.66. The third-order valence-corrected chi connectivity index (χ3v) is 5.41. The summed E-state index contributed by atoms with van der Waals surface area (Å²) in [5, 5.41) is 0.102. The normalized spacial score (nSPS) is 12.2. The third-order valence-electron chi connectivity index (χ3n) is 4.80. The summed E-state index contributed by atoms with van der Waals surface area (Å²) in [5.41, 5.74) is -0.652. The van der Waals surface area contributed by atoms with Crippen molar-refractivity contribution in [2.45, 2.75) is 13.0 Å². The van der Waals surface area contributed by atoms with Gasteiger partial charge in [0.2, 0.25) is 0 Å². The first-order valence-corrected chi connectivity index (χ1v) is 9.82. The Morgan fingerprint density at radius 1 is 1.03 bits per heavy atom. The molecule has 1 aromatic heterocycles. The van der Waals surface area contributed by atoms with Crippen molar-refractivity contribution >= 4 is 26.8 Å². The van der Waals surface area contributed by atoms with Gasteiger partial charge in [-0.1, -0.05) is 6.07 Å². The van der Waals surface area contributed by atoms with E-state index in [0.29, 0.717) is 17.6 Å². The molecule has 4 aromatic rings. The minimum atomic E-state index is -1.05. The van der Waals surface area contributed by atoms with Gasteiger partial charge in [-0.2, -0.15) is 4.98 Å². The number of ether oxygens (including phenoxy) is 1. The van der Waals surface area contributed by atoms with E-state index in [1.54, 1.807) is 6.07 Å². The lowest BCUT2D eigenvalue weighted by molar-refractivity contribution is 0.440. The molecule has 0 fully saturated rings. The summed E-state index contributed by atoms with van der Waals surface area (Å²) in [7, 11) is 0. The molecular formula is C22H13BrF4N2O2. The maximum Gasteiger partial charge on any atom is 0.280 e. The van der Waals surface area contributed by atoms with Crippen molar-refractivity contribution in [2.75, 3.05) is 0 Å². The van der Waals surface area contributed by atoms with Crippen LogP contribution in [-0.2, 0) is 0 Å². The van der Waals surface area contributed by atoms with Crippen molar-refractivity contribution in [1.82, 2.24) is 9.55 Å². The van der Waals surface area contributed by atoms with E-state index < -0.39 is 34.9 Å². The van der Waals surface area contributed by atoms with Crippen LogP contribution in [-0.4, -0.2) is 9.55 Å². The summed E-state index contributed by atoms with van der Waals surface area (Å²) < 4.78 is 63.2. The topological polar surface area (TPSA) is 44.1 Å². The van der Waals surface area contributed by atoms with Gasteiger partial charge in [0.15, 0.2) is 11.6 Å². The quantitative estimate of drug-likeness (QED) is 0.322. The van der Waals surface area contributed by atoms with Gasteiger partial charge in [-0.25, -0.2) is 17.6 Å². The van der Waals surface area contributed by atoms with Crippen molar-refractivity contribution in [3.05, 3.63) is 98.5 Å². The number of aromatic nitrogens is 2. The van der Waals surface area contributed by atoms with Gasteiger partial charge < -0.3 is 9.30 Å². The minimum Gasteiger partial charge on any atom is -0.454 e. The van der Waals surface area contributed by atoms with E-state index in [-0.39, 0.29) is 26.9 Å². The van der Waals surface area contributed by atoms with Gasteiger partial charge in [-0.05, 0) is 53.2 Å². The van der Waals surface area contributed by atoms with Crippen LogP contribution >= 0.6 is 15.9 Å². The first-order chi connectivity index (χ1) is 14.8. The molecule has 0 saturated carbocycles. The van der Waals surface area contributed by atoms with Crippen LogP contribution in [0.15, 0.2) is 64.1 Å². The Morgan fingerprint density at radius 3 is 2.45 bits per heavy atom. The summed E-state index contributed by atoms with van der Waals surface area (Å²) in [6.07, 6.45) is 1.16. The Kier molecular flexibility index (Phi) is 5.53. The fraction of sp³-hybridized carbons (Fsp3) is 0.0909. The van der Waals surface area contributed by atoms with Crippen LogP contribution in [0.5, 0.6) is 11.5 Å². The predicted octanol–water partition coefficient (Wildman–Crippen LogP) is 6.12. The average Bonchev–Trinajstić information content (AvgIpc) is 2.71. The van der Waals surface area contributed by atoms with E-state index in [1.807, 2.05) is 0 Å². The molecule has 0 aliphatic rings. The lowest BCUT2D eigenvalue weighted by Gasteiger charge is -2.20. The first kappa shape index (κ1) is 21.0. The molecule has 1 atom stereocenters. The monoisotopic (exact) mass is 492 g/mol. The predicted molar refractivity (Wildman–Crippen MR) is 110 cm³/mol. The summed E-state index contributed by atoms with van der Waals surface area (Å²) in [6.45, 7) is 1.49. The van der Waals surface area contributed by atoms with E-state index >= 15 is 0 Å². The summed E-state index contributed by atoms with van der Waals surface area (Å²) >= 11 is 3.07. The highest BCUT2D eigenvalue weighted by molar-refractivity contribution is 9.10. The van der Waals surface area contributed by atoms with Gasteiger partial charge in [0.05, 0.1) is 27.7 Å². The number of hydrogen-bond acceptors (Lipinski definition) is 3. The smallest absolute Gasteiger partial charge is 0.280 e. The van der Waals surface area contributed by atoms with Gasteiger partial charge in [0, 0.05) is 17.7 Å². The van der Waals surface area contributed by atoms with Crippen LogP contribution in [0.4, 0.5) is 17.6 Å². The van der Waals surface area contributed by atoms with E-state index in [9.17, 15) is 22.4 Å². The standard InChI is InChI=1S/C22H13BrF4N2O2/c1-11(20-16(25)7-12(24)8-17(20)26)29-10-28-22(30)14-9-13(5-6-18(14)29)31-19-4-2-3-15(23)21(19)27/h2-11H,1H3. The Labute approximate surface area is 181 Å². The number of halogens is 5. The summed E-state index contributed by atoms with van der Waals surface area (Å²) in [4.78, 5) is 16.1. The molecule has 0 bridgehead atoms. The van der Waals surface area contributed by atoms with Gasteiger partial charge in [-0.15, -0.1) is 0 Å². The zero-order valence-electron chi connectivity index (χ0n) is 15.9. The highest BCUT2D eigenvalue weighted by Crippen LogP contribution is 2.32. The van der Waals surface area contributed by atoms with E-state index in [1.165, 1.54) is 41.8 Å². The Bertz CT molecular complexity index is 1350. The number of rotatable bonds is 4. The van der Waals surface area contributed by atoms with Crippen molar-refractivity contribution in [3.8, 4) is 11.5 Å². The highest BCUT2D eigenvalue weighted by atomic mass is 79.9. The second-order valence-corrected chi connectivity index (χ2v) is 7.60. The number of fused-ring (bicyclic) bond motifs is 1. The van der Waals surface area contributed by atoms with E-state index in [2.05, 4.69) is 20.9 Å². The lowest BCUT2D eigenvalue weighted by Crippen LogP contribution is -2.17. The molecule has 3 aromatic carbocycles. The average molecular weight is 493 g/mol. The molecule has 4 rings (SSSR count). The maximum atomic E-state index is 14.3. The van der Waals surface area contributed by atoms with Gasteiger partial charge in [0.25, 0.3) is 5.56 Å². The molecule has 0 saturated heterocycles. The molecule has 158 valence electrons. The first-order valence-electron chi connectivity index (χ1n) is 9.03. The van der Waals surface area contributed by atoms with Crippen molar-refractivity contribution in [1.29, 1.82) is 0 Å². The molecule has 0 radical (unpaired) electrons. The molecule has 1 heterocycles. The number of nitrogens with zero attached hydrogens (tertiary/aromatic N) is 2. The summed E-state index contributed by atoms with van der Waals surface area (Å²) in [6, 6.07) is 9.12. The second-order valence-electron chi connectivity index (χ2n) is 6.75. The largest absolute Gasteiger partial charge is 0.454 e. The van der Waals surface area contributed by atoms with Gasteiger partial charge in [-0.3, -0.25) is 4.79 Å². The molecule has 4 nitrogen and oxygen atoms in total. The maximum absolute atomic E-state index is 14.3. The Balaban J connectivity index is 1.80. The van der Waals surface area contributed by atoms with Crippen LogP contribution in [0.2, 0.25) is 0 Å². The Hall–Kier alpha value is -3.20. The van der Waals surface area contributed by atoms with Crippen LogP contribution in [0.3, 0.4) is 0 Å². The van der Waals surface area contributed by atoms with Crippen molar-refractivity contribution < 1.29 is 22.3 Å². The molecule has 0 spiro atoms. The highest BCUT2D eigenvalue weighted by Gasteiger charge is 2.21. The van der Waals surface area contributed by atoms with Crippen LogP contribution in [0, 0.1) is 23.3 Å². The van der Waals surface area contributed by atoms with E-state index in [0.717, 1.165) is 6.33 Å². The number of hydrogen-bond donors (Lipinski definition) is 0. The van der Waals surface area contributed by atoms with E-state index in [4.69, 9.17) is 4.74 Å². The minimum absolute atomic E-state index is 0.0539. The fourth-order valence-electron chi connectivity index (χ4n) is 3.31. The lowest BCUT2D eigenvalue weighted by atomic mass is 10.1. The van der Waals surface area contributed by atoms with Gasteiger partial charge >= 0.3 is 0 Å². The third kappa shape index (κ3) is 3.93. The molecule has 0 aliphatic carbocycles. The summed E-state index contributed by atoms with van der Waals surface area (Å²) in [5.74, 6) is -3.63. The molecule has 0 amide bonds. The van der Waals surface area contributed by atoms with Crippen LogP contribution in [0.1, 0.15) is 18.5 Å². The molecule has 0 aliphatic heterocycles. The SMILES string of the molecule is CC(c1c(F)cc(F)cc1F)n1cnc(=O)c2cc(Oc3cccc(Br)c3F)ccc21. The molecule has 9 heteroatoms. The van der Waals surface area contributed by atoms with Crippen molar-refractivity contribution in [2.24, 2.45) is 0 Å². The number of benzene rings is 3. The molecule has 1 unspecified atom stereocenters. The molecule has 31 heavy (non-hydrogen) atoms. The Morgan fingerprint density at radius 2 is 1.74 bits per heavy atom. The molecular weight excluding hydrogens is 480 g/mol. The zero-order valence-corrected chi connectivity index (χ0v) is 17.5. The molecule has 0 N–H and O–H groups in total. The second kappa shape index (κ2) is 8.14. The van der Waals surface area contributed by atoms with Crippen LogP contribution < -0.4 is 10.3 Å².